The summed E-state index contributed by atoms with van der Waals surface area (Å²) in [7, 11) is 0. The fourth-order valence-corrected chi connectivity index (χ4v) is 7.67. The number of amides is 2. The summed E-state index contributed by atoms with van der Waals surface area (Å²) in [6.45, 7) is 23.9. The van der Waals surface area contributed by atoms with Gasteiger partial charge in [0, 0.05) is 12.1 Å². The SMILES string of the molecule is C=CCCCOC(=O)[C@@H]1[C@H]2C(=O)N([C@H](C)CO)C(C(=O)N(CC=C)C(C)(C)CC(C)(C)C)C23CC(C)[C@@]1(C)O3. The van der Waals surface area contributed by atoms with Crippen molar-refractivity contribution in [2.75, 3.05) is 19.8 Å². The standard InChI is InChI=1S/C31H50N2O6/c1-11-13-14-16-38-27(37)23-22-25(35)33(21(4)18-34)24(31(22)17-20(3)30(23,10)39-31)26(36)32(15-12-2)29(8,9)19-28(5,6)7/h11-12,20-24,34H,1-2,13-19H2,3-10H3/t20?,21-,22+,23+,24?,30-,31?/m1/s1. The number of carbonyl (C=O) groups excluding carboxylic acids is 3. The van der Waals surface area contributed by atoms with Crippen LogP contribution >= 0.6 is 0 Å². The molecule has 1 spiro atoms. The molecule has 0 saturated carbocycles. The van der Waals surface area contributed by atoms with Crippen LogP contribution in [0.25, 0.3) is 0 Å². The third kappa shape index (κ3) is 5.31. The van der Waals surface area contributed by atoms with Crippen molar-refractivity contribution in [1.82, 2.24) is 9.80 Å². The molecule has 3 saturated heterocycles. The highest BCUT2D eigenvalue weighted by atomic mass is 16.6. The fraction of sp³-hybridized carbons (Fsp3) is 0.774. The van der Waals surface area contributed by atoms with Gasteiger partial charge in [0.25, 0.3) is 0 Å². The van der Waals surface area contributed by atoms with E-state index in [0.29, 0.717) is 19.4 Å². The monoisotopic (exact) mass is 546 g/mol. The van der Waals surface area contributed by atoms with Gasteiger partial charge in [-0.25, -0.2) is 0 Å². The van der Waals surface area contributed by atoms with Crippen molar-refractivity contribution in [3.8, 4) is 0 Å². The fourth-order valence-electron chi connectivity index (χ4n) is 7.67. The number of rotatable bonds is 12. The predicted molar refractivity (Wildman–Crippen MR) is 151 cm³/mol. The van der Waals surface area contributed by atoms with E-state index in [-0.39, 0.29) is 36.4 Å². The van der Waals surface area contributed by atoms with E-state index in [0.717, 1.165) is 12.8 Å². The van der Waals surface area contributed by atoms with Crippen LogP contribution < -0.4 is 0 Å². The van der Waals surface area contributed by atoms with Crippen molar-refractivity contribution < 1.29 is 29.0 Å². The first-order chi connectivity index (χ1) is 18.0. The van der Waals surface area contributed by atoms with E-state index in [4.69, 9.17) is 9.47 Å². The molecule has 0 aromatic heterocycles. The van der Waals surface area contributed by atoms with Gasteiger partial charge < -0.3 is 24.4 Å². The van der Waals surface area contributed by atoms with E-state index in [1.807, 2.05) is 27.7 Å². The maximum atomic E-state index is 14.7. The first-order valence-corrected chi connectivity index (χ1v) is 14.4. The first kappa shape index (κ1) is 31.3. The molecule has 2 amide bonds. The summed E-state index contributed by atoms with van der Waals surface area (Å²) in [5.41, 5.74) is -2.73. The van der Waals surface area contributed by atoms with Crippen LogP contribution in [0.2, 0.25) is 0 Å². The number of likely N-dealkylation sites (tertiary alicyclic amines) is 1. The lowest BCUT2D eigenvalue weighted by atomic mass is 9.62. The average Bonchev–Trinajstić information content (AvgIpc) is 3.34. The van der Waals surface area contributed by atoms with Crippen LogP contribution in [0.15, 0.2) is 25.3 Å². The molecule has 8 heteroatoms. The minimum Gasteiger partial charge on any atom is -0.465 e. The first-order valence-electron chi connectivity index (χ1n) is 14.4. The quantitative estimate of drug-likeness (QED) is 0.225. The van der Waals surface area contributed by atoms with Gasteiger partial charge in [-0.3, -0.25) is 14.4 Å². The number of aliphatic hydroxyl groups excluding tert-OH is 1. The van der Waals surface area contributed by atoms with Gasteiger partial charge in [0.1, 0.15) is 17.6 Å². The number of aliphatic hydroxyl groups is 1. The summed E-state index contributed by atoms with van der Waals surface area (Å²) in [6, 6.07) is -1.60. The molecule has 3 fully saturated rings. The van der Waals surface area contributed by atoms with Crippen molar-refractivity contribution in [2.45, 2.75) is 110 Å². The highest BCUT2D eigenvalue weighted by Crippen LogP contribution is 2.65. The summed E-state index contributed by atoms with van der Waals surface area (Å²) in [5, 5.41) is 10.2. The van der Waals surface area contributed by atoms with Gasteiger partial charge in [-0.1, -0.05) is 39.8 Å². The number of fused-ring (bicyclic) bond motifs is 1. The van der Waals surface area contributed by atoms with Crippen LogP contribution in [0.1, 0.15) is 81.1 Å². The summed E-state index contributed by atoms with van der Waals surface area (Å²) in [5.74, 6) is -2.80. The number of hydrogen-bond donors (Lipinski definition) is 1. The van der Waals surface area contributed by atoms with Gasteiger partial charge in [0.15, 0.2) is 0 Å². The number of nitrogens with zero attached hydrogens (tertiary/aromatic N) is 2. The minimum absolute atomic E-state index is 0.0572. The smallest absolute Gasteiger partial charge is 0.312 e. The molecule has 3 aliphatic rings. The Morgan fingerprint density at radius 2 is 1.90 bits per heavy atom. The lowest BCUT2D eigenvalue weighted by molar-refractivity contribution is -0.164. The third-order valence-corrected chi connectivity index (χ3v) is 9.05. The van der Waals surface area contributed by atoms with Gasteiger partial charge in [-0.15, -0.1) is 13.2 Å². The van der Waals surface area contributed by atoms with Gasteiger partial charge in [0.2, 0.25) is 11.8 Å². The lowest BCUT2D eigenvalue weighted by Gasteiger charge is -2.46. The Morgan fingerprint density at radius 1 is 1.26 bits per heavy atom. The second kappa shape index (κ2) is 11.0. The number of allylic oxidation sites excluding steroid dienone is 1. The molecule has 0 aromatic rings. The molecule has 220 valence electrons. The van der Waals surface area contributed by atoms with Crippen LogP contribution in [-0.4, -0.2) is 81.3 Å². The van der Waals surface area contributed by atoms with Crippen LogP contribution in [0, 0.1) is 23.2 Å². The molecule has 0 aliphatic carbocycles. The third-order valence-electron chi connectivity index (χ3n) is 9.05. The molecule has 3 rings (SSSR count). The van der Waals surface area contributed by atoms with Gasteiger partial charge >= 0.3 is 5.97 Å². The maximum absolute atomic E-state index is 14.7. The van der Waals surface area contributed by atoms with Gasteiger partial charge in [-0.05, 0) is 64.7 Å². The molecule has 0 aromatic carbocycles. The number of unbranched alkanes of at least 4 members (excludes halogenated alkanes) is 1. The van der Waals surface area contributed by atoms with E-state index in [1.54, 1.807) is 24.0 Å². The maximum Gasteiger partial charge on any atom is 0.312 e. The normalized spacial score (nSPS) is 32.6. The second-order valence-corrected chi connectivity index (χ2v) is 13.9. The number of carbonyl (C=O) groups is 3. The van der Waals surface area contributed by atoms with Gasteiger partial charge in [0.05, 0.1) is 30.8 Å². The van der Waals surface area contributed by atoms with Crippen LogP contribution in [0.3, 0.4) is 0 Å². The lowest BCUT2D eigenvalue weighted by Crippen LogP contribution is -2.62. The Labute approximate surface area is 234 Å². The average molecular weight is 547 g/mol. The topological polar surface area (TPSA) is 96.4 Å². The molecule has 0 radical (unpaired) electrons. The van der Waals surface area contributed by atoms with Crippen LogP contribution in [0.5, 0.6) is 0 Å². The summed E-state index contributed by atoms with van der Waals surface area (Å²) >= 11 is 0. The molecule has 3 heterocycles. The molecule has 7 atom stereocenters. The molecular formula is C31H50N2O6. The predicted octanol–water partition coefficient (Wildman–Crippen LogP) is 4.12. The minimum atomic E-state index is -1.19. The Balaban J connectivity index is 2.10. The zero-order chi connectivity index (χ0) is 29.6. The Morgan fingerprint density at radius 3 is 2.44 bits per heavy atom. The Bertz CT molecular complexity index is 986. The second-order valence-electron chi connectivity index (χ2n) is 13.9. The molecular weight excluding hydrogens is 496 g/mol. The number of esters is 1. The zero-order valence-electron chi connectivity index (χ0n) is 25.3. The summed E-state index contributed by atoms with van der Waals surface area (Å²) in [6.07, 6.45) is 6.03. The van der Waals surface area contributed by atoms with Crippen molar-refractivity contribution in [2.24, 2.45) is 23.2 Å². The van der Waals surface area contributed by atoms with Crippen molar-refractivity contribution in [3.63, 3.8) is 0 Å². The zero-order valence-corrected chi connectivity index (χ0v) is 25.3. The van der Waals surface area contributed by atoms with E-state index in [9.17, 15) is 19.5 Å². The summed E-state index contributed by atoms with van der Waals surface area (Å²) < 4.78 is 12.4. The molecule has 3 aliphatic heterocycles. The van der Waals surface area contributed by atoms with Crippen LogP contribution in [0.4, 0.5) is 0 Å². The Hall–Kier alpha value is -2.19. The van der Waals surface area contributed by atoms with Crippen molar-refractivity contribution in [3.05, 3.63) is 25.3 Å². The van der Waals surface area contributed by atoms with E-state index < -0.39 is 46.6 Å². The number of hydrogen-bond acceptors (Lipinski definition) is 6. The molecule has 8 nitrogen and oxygen atoms in total. The van der Waals surface area contributed by atoms with Gasteiger partial charge in [-0.2, -0.15) is 0 Å². The van der Waals surface area contributed by atoms with E-state index in [2.05, 4.69) is 33.9 Å². The highest BCUT2D eigenvalue weighted by Gasteiger charge is 2.80. The number of ether oxygens (including phenoxy) is 2. The van der Waals surface area contributed by atoms with Crippen LogP contribution in [-0.2, 0) is 23.9 Å². The molecule has 39 heavy (non-hydrogen) atoms. The molecule has 2 bridgehead atoms. The van der Waals surface area contributed by atoms with E-state index >= 15 is 0 Å². The Kier molecular flexibility index (Phi) is 8.84. The molecule has 1 N–H and O–H groups in total. The largest absolute Gasteiger partial charge is 0.465 e. The van der Waals surface area contributed by atoms with Crippen molar-refractivity contribution in [1.29, 1.82) is 0 Å². The van der Waals surface area contributed by atoms with Crippen molar-refractivity contribution >= 4 is 17.8 Å². The summed E-state index contributed by atoms with van der Waals surface area (Å²) in [4.78, 5) is 45.7. The van der Waals surface area contributed by atoms with E-state index in [1.165, 1.54) is 4.90 Å². The highest BCUT2D eigenvalue weighted by molar-refractivity contribution is 5.99. The molecule has 3 unspecified atom stereocenters.